The van der Waals surface area contributed by atoms with E-state index in [0.29, 0.717) is 0 Å². The molecule has 0 radical (unpaired) electrons. The average Bonchev–Trinajstić information content (AvgIpc) is 2.27. The number of aromatic hydroxyl groups is 1. The first kappa shape index (κ1) is 12.2. The van der Waals surface area contributed by atoms with Gasteiger partial charge in [0, 0.05) is 22.2 Å². The van der Waals surface area contributed by atoms with Crippen LogP contribution in [0.3, 0.4) is 0 Å². The fourth-order valence-electron chi connectivity index (χ4n) is 1.30. The number of halogens is 2. The first-order chi connectivity index (χ1) is 7.11. The van der Waals surface area contributed by atoms with Crippen LogP contribution >= 0.6 is 23.2 Å². The van der Waals surface area contributed by atoms with Gasteiger partial charge in [-0.2, -0.15) is 0 Å². The maximum atomic E-state index is 9.99. The number of para-hydroxylation sites is 1. The molecular weight excluding hydrogens is 231 g/mol. The highest BCUT2D eigenvalue weighted by molar-refractivity contribution is 6.28. The zero-order chi connectivity index (χ0) is 11.4. The third-order valence-electron chi connectivity index (χ3n) is 2.21. The van der Waals surface area contributed by atoms with Gasteiger partial charge in [-0.15, -0.1) is 0 Å². The van der Waals surface area contributed by atoms with Crippen molar-refractivity contribution in [2.75, 3.05) is 0 Å². The van der Waals surface area contributed by atoms with Gasteiger partial charge in [0.25, 0.3) is 0 Å². The summed E-state index contributed by atoms with van der Waals surface area (Å²) >= 11 is 11.2. The molecule has 1 nitrogen and oxygen atoms in total. The van der Waals surface area contributed by atoms with Gasteiger partial charge in [-0.3, -0.25) is 0 Å². The highest BCUT2D eigenvalue weighted by atomic mass is 35.5. The van der Waals surface area contributed by atoms with Gasteiger partial charge in [0.05, 0.1) is 0 Å². The lowest BCUT2D eigenvalue weighted by Gasteiger charge is -2.09. The van der Waals surface area contributed by atoms with Crippen LogP contribution in [0.25, 0.3) is 11.1 Å². The van der Waals surface area contributed by atoms with Crippen LogP contribution < -0.4 is 0 Å². The molecule has 0 spiro atoms. The Hall–Kier alpha value is -0.920. The third kappa shape index (κ3) is 2.55. The second kappa shape index (κ2) is 5.24. The van der Waals surface area contributed by atoms with Gasteiger partial charge in [0.2, 0.25) is 0 Å². The van der Waals surface area contributed by atoms with E-state index in [2.05, 4.69) is 0 Å². The Balaban J connectivity index is 3.36. The van der Waals surface area contributed by atoms with E-state index in [1.54, 1.807) is 0 Å². The van der Waals surface area contributed by atoms with Crippen molar-refractivity contribution in [3.8, 4) is 5.75 Å². The molecule has 0 saturated carbocycles. The Kier molecular flexibility index (Phi) is 4.25. The minimum Gasteiger partial charge on any atom is -0.507 e. The van der Waals surface area contributed by atoms with E-state index in [4.69, 9.17) is 23.2 Å². The van der Waals surface area contributed by atoms with Gasteiger partial charge in [0.1, 0.15) is 5.75 Å². The number of phenolic OH excluding ortho intramolecular Hbond substituents is 1. The molecule has 1 aromatic carbocycles. The van der Waals surface area contributed by atoms with Crippen molar-refractivity contribution in [3.05, 3.63) is 40.4 Å². The van der Waals surface area contributed by atoms with E-state index in [1.807, 2.05) is 32.0 Å². The molecule has 0 bridgehead atoms. The van der Waals surface area contributed by atoms with Crippen LogP contribution in [0.15, 0.2) is 29.3 Å². The van der Waals surface area contributed by atoms with Gasteiger partial charge in [0.15, 0.2) is 0 Å². The minimum absolute atomic E-state index is 0.210. The Morgan fingerprint density at radius 2 is 1.47 bits per heavy atom. The van der Waals surface area contributed by atoms with E-state index in [1.165, 1.54) is 11.1 Å². The average molecular weight is 243 g/mol. The highest BCUT2D eigenvalue weighted by Gasteiger charge is 2.08. The topological polar surface area (TPSA) is 20.2 Å². The van der Waals surface area contributed by atoms with Crippen LogP contribution in [-0.2, 0) is 0 Å². The summed E-state index contributed by atoms with van der Waals surface area (Å²) in [5.41, 5.74) is 5.97. The monoisotopic (exact) mass is 242 g/mol. The maximum Gasteiger partial charge on any atom is 0.130 e. The summed E-state index contributed by atoms with van der Waals surface area (Å²) < 4.78 is 0. The van der Waals surface area contributed by atoms with Gasteiger partial charge in [-0.25, -0.2) is 0 Å². The molecule has 0 aromatic heterocycles. The highest BCUT2D eigenvalue weighted by Crippen LogP contribution is 2.33. The zero-order valence-corrected chi connectivity index (χ0v) is 10.1. The molecule has 0 saturated heterocycles. The molecule has 0 fully saturated rings. The van der Waals surface area contributed by atoms with Crippen molar-refractivity contribution in [1.29, 1.82) is 0 Å². The van der Waals surface area contributed by atoms with E-state index in [0.717, 1.165) is 22.3 Å². The van der Waals surface area contributed by atoms with Crippen LogP contribution in [0.4, 0.5) is 0 Å². The molecule has 0 aliphatic carbocycles. The third-order valence-corrected chi connectivity index (χ3v) is 2.87. The molecule has 1 rings (SSSR count). The molecule has 1 aromatic rings. The van der Waals surface area contributed by atoms with E-state index in [9.17, 15) is 5.11 Å². The summed E-state index contributed by atoms with van der Waals surface area (Å²) in [6.45, 7) is 3.68. The molecule has 1 N–H and O–H groups in total. The van der Waals surface area contributed by atoms with Crippen molar-refractivity contribution >= 4 is 34.3 Å². The molecule has 0 atom stereocenters. The number of allylic oxidation sites excluding steroid dienone is 2. The molecule has 80 valence electrons. The summed E-state index contributed by atoms with van der Waals surface area (Å²) in [5.74, 6) is 0.210. The van der Waals surface area contributed by atoms with E-state index >= 15 is 0 Å². The van der Waals surface area contributed by atoms with Crippen LogP contribution in [0.1, 0.15) is 25.0 Å². The van der Waals surface area contributed by atoms with Crippen molar-refractivity contribution in [2.45, 2.75) is 13.8 Å². The van der Waals surface area contributed by atoms with Gasteiger partial charge >= 0.3 is 0 Å². The largest absolute Gasteiger partial charge is 0.507 e. The second-order valence-electron chi connectivity index (χ2n) is 3.29. The predicted molar refractivity (Wildman–Crippen MR) is 67.1 cm³/mol. The number of benzene rings is 1. The van der Waals surface area contributed by atoms with Crippen molar-refractivity contribution in [1.82, 2.24) is 0 Å². The predicted octanol–water partition coefficient (Wildman–Crippen LogP) is 4.59. The molecule has 0 heterocycles. The quantitative estimate of drug-likeness (QED) is 0.805. The van der Waals surface area contributed by atoms with E-state index < -0.39 is 0 Å². The lowest BCUT2D eigenvalue weighted by atomic mass is 10.0. The maximum absolute atomic E-state index is 9.99. The van der Waals surface area contributed by atoms with Gasteiger partial charge in [-0.1, -0.05) is 41.4 Å². The van der Waals surface area contributed by atoms with Gasteiger partial charge in [-0.05, 0) is 25.0 Å². The lowest BCUT2D eigenvalue weighted by molar-refractivity contribution is 0.472. The lowest BCUT2D eigenvalue weighted by Crippen LogP contribution is -1.86. The molecule has 0 aliphatic rings. The number of rotatable bonds is 2. The first-order valence-electron chi connectivity index (χ1n) is 4.48. The summed E-state index contributed by atoms with van der Waals surface area (Å²) in [4.78, 5) is 0. The van der Waals surface area contributed by atoms with Crippen LogP contribution in [0.5, 0.6) is 5.75 Å². The standard InChI is InChI=1S/C12H12Cl2O/c1-8(6-13)10-4-3-5-11(12(10)15)9(2)7-14/h3-7,15H,1-2H3/b8-6-,9-7-. The van der Waals surface area contributed by atoms with Gasteiger partial charge < -0.3 is 5.11 Å². The fraction of sp³-hybridized carbons (Fsp3) is 0.167. The number of hydrogen-bond donors (Lipinski definition) is 1. The molecule has 0 unspecified atom stereocenters. The second-order valence-corrected chi connectivity index (χ2v) is 3.72. The summed E-state index contributed by atoms with van der Waals surface area (Å²) in [6, 6.07) is 5.49. The fourth-order valence-corrected chi connectivity index (χ4v) is 1.53. The molecule has 3 heteroatoms. The summed E-state index contributed by atoms with van der Waals surface area (Å²) in [6.07, 6.45) is 0. The normalized spacial score (nSPS) is 13.1. The first-order valence-corrected chi connectivity index (χ1v) is 5.35. The number of phenols is 1. The van der Waals surface area contributed by atoms with Crippen molar-refractivity contribution < 1.29 is 5.11 Å². The zero-order valence-electron chi connectivity index (χ0n) is 8.59. The van der Waals surface area contributed by atoms with Crippen LogP contribution in [0, 0.1) is 0 Å². The Morgan fingerprint density at radius 3 is 1.80 bits per heavy atom. The Bertz CT molecular complexity index is 383. The molecule has 0 amide bonds. The summed E-state index contributed by atoms with van der Waals surface area (Å²) in [7, 11) is 0. The van der Waals surface area contributed by atoms with Crippen molar-refractivity contribution in [2.24, 2.45) is 0 Å². The minimum atomic E-state index is 0.210. The Morgan fingerprint density at radius 1 is 1.07 bits per heavy atom. The molecule has 0 aliphatic heterocycles. The molecule has 15 heavy (non-hydrogen) atoms. The van der Waals surface area contributed by atoms with Crippen molar-refractivity contribution in [3.63, 3.8) is 0 Å². The molecular formula is C12H12Cl2O. The SMILES string of the molecule is C/C(=C/Cl)c1cccc(/C(C)=C\Cl)c1O. The van der Waals surface area contributed by atoms with E-state index in [-0.39, 0.29) is 5.75 Å². The summed E-state index contributed by atoms with van der Waals surface area (Å²) in [5, 5.41) is 9.99. The number of hydrogen-bond acceptors (Lipinski definition) is 1. The van der Waals surface area contributed by atoms with Crippen LogP contribution in [-0.4, -0.2) is 5.11 Å². The smallest absolute Gasteiger partial charge is 0.130 e. The Labute approximate surface area is 99.6 Å². The van der Waals surface area contributed by atoms with Crippen LogP contribution in [0.2, 0.25) is 0 Å².